The highest BCUT2D eigenvalue weighted by Gasteiger charge is 2.08. The fraction of sp³-hybridized carbons (Fsp3) is 0.444. The van der Waals surface area contributed by atoms with E-state index in [1.807, 2.05) is 18.2 Å². The zero-order chi connectivity index (χ0) is 15.5. The van der Waals surface area contributed by atoms with Gasteiger partial charge in [0.2, 0.25) is 0 Å². The number of carbonyl (C=O) groups is 1. The van der Waals surface area contributed by atoms with E-state index in [1.54, 1.807) is 12.1 Å². The third-order valence-electron chi connectivity index (χ3n) is 3.50. The number of nitriles is 1. The van der Waals surface area contributed by atoms with Crippen LogP contribution in [0.1, 0.15) is 66.9 Å². The Morgan fingerprint density at radius 2 is 1.95 bits per heavy atom. The first-order chi connectivity index (χ1) is 10.2. The maximum absolute atomic E-state index is 11.1. The molecule has 112 valence electrons. The van der Waals surface area contributed by atoms with Crippen molar-refractivity contribution in [3.63, 3.8) is 0 Å². The van der Waals surface area contributed by atoms with E-state index in [1.165, 1.54) is 38.2 Å². The van der Waals surface area contributed by atoms with Crippen molar-refractivity contribution < 1.29 is 9.90 Å². The van der Waals surface area contributed by atoms with Crippen LogP contribution in [0, 0.1) is 11.3 Å². The van der Waals surface area contributed by atoms with Crippen molar-refractivity contribution in [2.75, 3.05) is 0 Å². The molecule has 1 N–H and O–H groups in total. The first kappa shape index (κ1) is 17.0. The Labute approximate surface area is 126 Å². The van der Waals surface area contributed by atoms with Crippen LogP contribution in [0.5, 0.6) is 0 Å². The topological polar surface area (TPSA) is 61.1 Å². The van der Waals surface area contributed by atoms with Crippen LogP contribution in [0.3, 0.4) is 0 Å². The number of aryl methyl sites for hydroxylation is 1. The molecule has 0 bridgehead atoms. The molecule has 0 radical (unpaired) electrons. The summed E-state index contributed by atoms with van der Waals surface area (Å²) >= 11 is 0. The number of hydrogen-bond donors (Lipinski definition) is 1. The molecular formula is C18H23NO2. The minimum atomic E-state index is -0.960. The van der Waals surface area contributed by atoms with Gasteiger partial charge in [-0.3, -0.25) is 0 Å². The van der Waals surface area contributed by atoms with Crippen molar-refractivity contribution in [3.05, 3.63) is 41.0 Å². The van der Waals surface area contributed by atoms with Gasteiger partial charge in [0.15, 0.2) is 0 Å². The summed E-state index contributed by atoms with van der Waals surface area (Å²) in [6.07, 6.45) is 11.3. The molecule has 0 fully saturated rings. The van der Waals surface area contributed by atoms with Crippen molar-refractivity contribution in [2.45, 2.75) is 51.9 Å². The lowest BCUT2D eigenvalue weighted by Crippen LogP contribution is -2.00. The first-order valence-corrected chi connectivity index (χ1v) is 7.61. The summed E-state index contributed by atoms with van der Waals surface area (Å²) in [6.45, 7) is 2.21. The highest BCUT2D eigenvalue weighted by molar-refractivity contribution is 5.92. The van der Waals surface area contributed by atoms with Gasteiger partial charge in [-0.15, -0.1) is 0 Å². The largest absolute Gasteiger partial charge is 0.478 e. The minimum Gasteiger partial charge on any atom is -0.478 e. The van der Waals surface area contributed by atoms with Crippen LogP contribution in [0.2, 0.25) is 0 Å². The Morgan fingerprint density at radius 1 is 1.24 bits per heavy atom. The number of carboxylic acid groups (broad SMARTS) is 1. The van der Waals surface area contributed by atoms with Gasteiger partial charge in [-0.1, -0.05) is 51.2 Å². The second-order valence-corrected chi connectivity index (χ2v) is 5.21. The van der Waals surface area contributed by atoms with Crippen LogP contribution < -0.4 is 0 Å². The molecule has 0 atom stereocenters. The predicted molar refractivity (Wildman–Crippen MR) is 85.1 cm³/mol. The lowest BCUT2D eigenvalue weighted by atomic mass is 9.99. The molecule has 0 heterocycles. The average molecular weight is 285 g/mol. The molecular weight excluding hydrogens is 262 g/mol. The Bertz CT molecular complexity index is 527. The zero-order valence-corrected chi connectivity index (χ0v) is 12.6. The Morgan fingerprint density at radius 3 is 2.62 bits per heavy atom. The van der Waals surface area contributed by atoms with Crippen LogP contribution in [-0.2, 0) is 6.42 Å². The standard InChI is InChI=1S/C18H23NO2/c1-2-3-4-5-6-7-9-15-11-12-17(18(20)21)16(14-15)10-8-13-19/h8,10-12,14H,2-7,9H2,1H3,(H,20,21). The molecule has 0 aliphatic heterocycles. The molecule has 0 amide bonds. The van der Waals surface area contributed by atoms with Gasteiger partial charge in [-0.2, -0.15) is 5.26 Å². The lowest BCUT2D eigenvalue weighted by Gasteiger charge is -2.06. The molecule has 0 aromatic heterocycles. The van der Waals surface area contributed by atoms with Crippen LogP contribution in [0.15, 0.2) is 24.3 Å². The summed E-state index contributed by atoms with van der Waals surface area (Å²) in [5.74, 6) is -0.960. The molecule has 3 nitrogen and oxygen atoms in total. The smallest absolute Gasteiger partial charge is 0.336 e. The van der Waals surface area contributed by atoms with Gasteiger partial charge < -0.3 is 5.11 Å². The monoisotopic (exact) mass is 285 g/mol. The van der Waals surface area contributed by atoms with E-state index < -0.39 is 5.97 Å². The molecule has 0 unspecified atom stereocenters. The fourth-order valence-corrected chi connectivity index (χ4v) is 2.34. The van der Waals surface area contributed by atoms with E-state index in [9.17, 15) is 4.79 Å². The van der Waals surface area contributed by atoms with Gasteiger partial charge in [0, 0.05) is 6.08 Å². The molecule has 0 aliphatic rings. The quantitative estimate of drug-likeness (QED) is 0.522. The molecule has 1 rings (SSSR count). The number of allylic oxidation sites excluding steroid dienone is 1. The number of unbranched alkanes of at least 4 members (excludes halogenated alkanes) is 5. The zero-order valence-electron chi connectivity index (χ0n) is 12.6. The highest BCUT2D eigenvalue weighted by atomic mass is 16.4. The summed E-state index contributed by atoms with van der Waals surface area (Å²) in [5.41, 5.74) is 1.98. The van der Waals surface area contributed by atoms with Crippen LogP contribution in [-0.4, -0.2) is 11.1 Å². The number of rotatable bonds is 9. The van der Waals surface area contributed by atoms with Gasteiger partial charge in [0.05, 0.1) is 11.6 Å². The molecule has 1 aromatic carbocycles. The number of benzene rings is 1. The van der Waals surface area contributed by atoms with E-state index in [4.69, 9.17) is 10.4 Å². The van der Waals surface area contributed by atoms with Crippen molar-refractivity contribution in [1.29, 1.82) is 5.26 Å². The van der Waals surface area contributed by atoms with E-state index >= 15 is 0 Å². The average Bonchev–Trinajstić information content (AvgIpc) is 2.48. The van der Waals surface area contributed by atoms with Gasteiger partial charge >= 0.3 is 5.97 Å². The van der Waals surface area contributed by atoms with Crippen molar-refractivity contribution in [1.82, 2.24) is 0 Å². The molecule has 21 heavy (non-hydrogen) atoms. The van der Waals surface area contributed by atoms with Crippen molar-refractivity contribution in [3.8, 4) is 6.07 Å². The maximum Gasteiger partial charge on any atom is 0.336 e. The third-order valence-corrected chi connectivity index (χ3v) is 3.50. The van der Waals surface area contributed by atoms with Gasteiger partial charge in [-0.05, 0) is 36.1 Å². The summed E-state index contributed by atoms with van der Waals surface area (Å²) < 4.78 is 0. The third kappa shape index (κ3) is 6.27. The Balaban J connectivity index is 2.61. The molecule has 0 saturated carbocycles. The fourth-order valence-electron chi connectivity index (χ4n) is 2.34. The van der Waals surface area contributed by atoms with Gasteiger partial charge in [-0.25, -0.2) is 4.79 Å². The van der Waals surface area contributed by atoms with Crippen LogP contribution in [0.4, 0.5) is 0 Å². The van der Waals surface area contributed by atoms with E-state index in [-0.39, 0.29) is 5.56 Å². The SMILES string of the molecule is CCCCCCCCc1ccc(C(=O)O)c(C=CC#N)c1. The van der Waals surface area contributed by atoms with Crippen LogP contribution in [0.25, 0.3) is 6.08 Å². The molecule has 0 saturated heterocycles. The lowest BCUT2D eigenvalue weighted by molar-refractivity contribution is 0.0696. The van der Waals surface area contributed by atoms with Crippen molar-refractivity contribution in [2.24, 2.45) is 0 Å². The Kier molecular flexibility index (Phi) is 7.89. The molecule has 0 aliphatic carbocycles. The summed E-state index contributed by atoms with van der Waals surface area (Å²) in [7, 11) is 0. The normalized spacial score (nSPS) is 10.7. The van der Waals surface area contributed by atoms with E-state index in [0.29, 0.717) is 5.56 Å². The number of carboxylic acids is 1. The Hall–Kier alpha value is -2.08. The molecule has 1 aromatic rings. The van der Waals surface area contributed by atoms with Crippen molar-refractivity contribution >= 4 is 12.0 Å². The molecule has 0 spiro atoms. The highest BCUT2D eigenvalue weighted by Crippen LogP contribution is 2.17. The number of aromatic carboxylic acids is 1. The number of nitrogens with zero attached hydrogens (tertiary/aromatic N) is 1. The van der Waals surface area contributed by atoms with E-state index in [0.717, 1.165) is 18.4 Å². The number of hydrogen-bond acceptors (Lipinski definition) is 2. The second-order valence-electron chi connectivity index (χ2n) is 5.21. The molecule has 3 heteroatoms. The predicted octanol–water partition coefficient (Wildman–Crippen LogP) is 4.82. The summed E-state index contributed by atoms with van der Waals surface area (Å²) in [5, 5.41) is 17.7. The summed E-state index contributed by atoms with van der Waals surface area (Å²) in [6, 6.07) is 7.28. The first-order valence-electron chi connectivity index (χ1n) is 7.61. The second kappa shape index (κ2) is 9.77. The minimum absolute atomic E-state index is 0.244. The summed E-state index contributed by atoms with van der Waals surface area (Å²) in [4.78, 5) is 11.1. The maximum atomic E-state index is 11.1. The van der Waals surface area contributed by atoms with E-state index in [2.05, 4.69) is 6.92 Å². The van der Waals surface area contributed by atoms with Gasteiger partial charge in [0.25, 0.3) is 0 Å². The van der Waals surface area contributed by atoms with Crippen LogP contribution >= 0.6 is 0 Å². The van der Waals surface area contributed by atoms with Gasteiger partial charge in [0.1, 0.15) is 0 Å².